The minimum Gasteiger partial charge on any atom is -0.486 e. The predicted octanol–water partition coefficient (Wildman–Crippen LogP) is 3.09. The van der Waals surface area contributed by atoms with Gasteiger partial charge >= 0.3 is 5.97 Å². The van der Waals surface area contributed by atoms with Crippen LogP contribution >= 0.6 is 0 Å². The van der Waals surface area contributed by atoms with Gasteiger partial charge in [0.25, 0.3) is 5.91 Å². The van der Waals surface area contributed by atoms with E-state index in [0.29, 0.717) is 31.1 Å². The number of carbonyl (C=O) groups excluding carboxylic acids is 2. The number of nitrogens with one attached hydrogen (secondary N) is 1. The Bertz CT molecular complexity index is 756. The fraction of sp³-hybridized carbons (Fsp3) is 0.652. The zero-order valence-corrected chi connectivity index (χ0v) is 16.7. The Balaban J connectivity index is 1.05. The number of benzene rings is 1. The Hall–Kier alpha value is -2.24. The maximum Gasteiger partial charge on any atom is 0.306 e. The van der Waals surface area contributed by atoms with E-state index in [1.54, 1.807) is 0 Å². The third-order valence-electron chi connectivity index (χ3n) is 7.14. The second-order valence-corrected chi connectivity index (χ2v) is 9.56. The van der Waals surface area contributed by atoms with Gasteiger partial charge in [0.15, 0.2) is 18.1 Å². The van der Waals surface area contributed by atoms with Crippen LogP contribution in [0.4, 0.5) is 0 Å². The molecule has 6 heteroatoms. The summed E-state index contributed by atoms with van der Waals surface area (Å²) in [4.78, 5) is 24.5. The van der Waals surface area contributed by atoms with Crippen LogP contribution in [0.25, 0.3) is 0 Å². The molecule has 1 aromatic carbocycles. The summed E-state index contributed by atoms with van der Waals surface area (Å²) >= 11 is 0. The smallest absolute Gasteiger partial charge is 0.306 e. The Morgan fingerprint density at radius 2 is 1.69 bits per heavy atom. The second-order valence-electron chi connectivity index (χ2n) is 9.56. The van der Waals surface area contributed by atoms with Crippen LogP contribution in [-0.4, -0.2) is 37.7 Å². The van der Waals surface area contributed by atoms with Crippen molar-refractivity contribution in [1.29, 1.82) is 0 Å². The van der Waals surface area contributed by atoms with Crippen molar-refractivity contribution in [2.24, 2.45) is 23.2 Å². The summed E-state index contributed by atoms with van der Waals surface area (Å²) in [5.74, 6) is 3.29. The normalized spacial score (nSPS) is 33.9. The van der Waals surface area contributed by atoms with Crippen molar-refractivity contribution in [3.05, 3.63) is 24.3 Å². The third-order valence-corrected chi connectivity index (χ3v) is 7.14. The lowest BCUT2D eigenvalue weighted by Gasteiger charge is -2.56. The first-order chi connectivity index (χ1) is 14.1. The molecule has 1 N–H and O–H groups in total. The summed E-state index contributed by atoms with van der Waals surface area (Å²) in [6, 6.07) is 7.47. The standard InChI is InChI=1S/C23H29NO5/c25-21(24-12-18-13-27-19-3-1-2-4-20(19)29-18)14-28-22(26)11-23-8-15-5-16(9-23)7-17(6-15)10-23/h1-4,15-18H,5-14H2,(H,24,25)/t15?,16?,17?,18-,23?/m0/s1. The first kappa shape index (κ1) is 18.8. The molecule has 4 bridgehead atoms. The van der Waals surface area contributed by atoms with Crippen LogP contribution in [0.5, 0.6) is 11.5 Å². The van der Waals surface area contributed by atoms with Gasteiger partial charge in [-0.05, 0) is 73.8 Å². The number of ether oxygens (including phenoxy) is 3. The quantitative estimate of drug-likeness (QED) is 0.744. The lowest BCUT2D eigenvalue weighted by molar-refractivity contribution is -0.155. The Morgan fingerprint density at radius 3 is 2.38 bits per heavy atom. The largest absolute Gasteiger partial charge is 0.486 e. The lowest BCUT2D eigenvalue weighted by Crippen LogP contribution is -2.47. The van der Waals surface area contributed by atoms with Gasteiger partial charge in [-0.25, -0.2) is 0 Å². The molecule has 5 aliphatic rings. The topological polar surface area (TPSA) is 73.9 Å². The number of carbonyl (C=O) groups is 2. The number of hydrogen-bond acceptors (Lipinski definition) is 5. The molecule has 0 unspecified atom stereocenters. The van der Waals surface area contributed by atoms with Gasteiger partial charge in [-0.2, -0.15) is 0 Å². The van der Waals surface area contributed by atoms with E-state index in [2.05, 4.69) is 5.32 Å². The fourth-order valence-electron chi connectivity index (χ4n) is 6.45. The fourth-order valence-corrected chi connectivity index (χ4v) is 6.45. The summed E-state index contributed by atoms with van der Waals surface area (Å²) in [5.41, 5.74) is 0.142. The second kappa shape index (κ2) is 7.54. The molecule has 1 aromatic rings. The summed E-state index contributed by atoms with van der Waals surface area (Å²) in [5, 5.41) is 2.78. The van der Waals surface area contributed by atoms with E-state index in [4.69, 9.17) is 14.2 Å². The maximum atomic E-state index is 12.4. The molecule has 0 radical (unpaired) electrons. The molecular weight excluding hydrogens is 370 g/mol. The molecule has 1 amide bonds. The summed E-state index contributed by atoms with van der Waals surface area (Å²) in [6.07, 6.45) is 7.79. The summed E-state index contributed by atoms with van der Waals surface area (Å²) in [7, 11) is 0. The molecule has 1 aliphatic heterocycles. The van der Waals surface area contributed by atoms with Crippen LogP contribution < -0.4 is 14.8 Å². The lowest BCUT2D eigenvalue weighted by atomic mass is 9.49. The van der Waals surface area contributed by atoms with E-state index >= 15 is 0 Å². The summed E-state index contributed by atoms with van der Waals surface area (Å²) in [6.45, 7) is 0.470. The molecule has 4 saturated carbocycles. The molecular formula is C23H29NO5. The van der Waals surface area contributed by atoms with Crippen LogP contribution in [0, 0.1) is 23.2 Å². The highest BCUT2D eigenvalue weighted by atomic mass is 16.6. The molecule has 1 atom stereocenters. The van der Waals surface area contributed by atoms with Gasteiger partial charge in [0.2, 0.25) is 0 Å². The highest BCUT2D eigenvalue weighted by Crippen LogP contribution is 2.61. The van der Waals surface area contributed by atoms with Crippen LogP contribution in [0.15, 0.2) is 24.3 Å². The van der Waals surface area contributed by atoms with E-state index in [1.165, 1.54) is 38.5 Å². The molecule has 6 rings (SSSR count). The van der Waals surface area contributed by atoms with E-state index < -0.39 is 0 Å². The molecule has 0 spiro atoms. The van der Waals surface area contributed by atoms with E-state index in [9.17, 15) is 9.59 Å². The minimum atomic E-state index is -0.300. The Labute approximate surface area is 171 Å². The number of hydrogen-bond donors (Lipinski definition) is 1. The Kier molecular flexibility index (Phi) is 4.88. The minimum absolute atomic E-state index is 0.142. The molecule has 4 fully saturated rings. The SMILES string of the molecule is O=C(COC(=O)CC12CC3CC(CC(C3)C1)C2)NC[C@H]1COc2ccccc2O1. The molecule has 1 heterocycles. The Morgan fingerprint density at radius 1 is 1.03 bits per heavy atom. The van der Waals surface area contributed by atoms with Crippen LogP contribution in [0.3, 0.4) is 0 Å². The maximum absolute atomic E-state index is 12.4. The average molecular weight is 399 g/mol. The zero-order chi connectivity index (χ0) is 19.8. The molecule has 4 aliphatic carbocycles. The highest BCUT2D eigenvalue weighted by Gasteiger charge is 2.51. The van der Waals surface area contributed by atoms with Crippen LogP contribution in [0.1, 0.15) is 44.9 Å². The number of rotatable bonds is 6. The van der Waals surface area contributed by atoms with E-state index in [0.717, 1.165) is 17.8 Å². The van der Waals surface area contributed by atoms with Crippen molar-refractivity contribution in [2.75, 3.05) is 19.8 Å². The molecule has 6 nitrogen and oxygen atoms in total. The first-order valence-corrected chi connectivity index (χ1v) is 10.9. The van der Waals surface area contributed by atoms with Crippen molar-refractivity contribution in [1.82, 2.24) is 5.32 Å². The molecule has 0 aromatic heterocycles. The van der Waals surface area contributed by atoms with Gasteiger partial charge in [-0.3, -0.25) is 9.59 Å². The van der Waals surface area contributed by atoms with Gasteiger partial charge in [-0.1, -0.05) is 12.1 Å². The molecule has 156 valence electrons. The molecule has 29 heavy (non-hydrogen) atoms. The van der Waals surface area contributed by atoms with Crippen LogP contribution in [-0.2, 0) is 14.3 Å². The van der Waals surface area contributed by atoms with Crippen molar-refractivity contribution in [3.8, 4) is 11.5 Å². The number of esters is 1. The predicted molar refractivity (Wildman–Crippen MR) is 106 cm³/mol. The van der Waals surface area contributed by atoms with Gasteiger partial charge < -0.3 is 19.5 Å². The first-order valence-electron chi connectivity index (χ1n) is 10.9. The third kappa shape index (κ3) is 4.07. The van der Waals surface area contributed by atoms with Crippen molar-refractivity contribution in [3.63, 3.8) is 0 Å². The van der Waals surface area contributed by atoms with Crippen LogP contribution in [0.2, 0.25) is 0 Å². The number of fused-ring (bicyclic) bond motifs is 1. The van der Waals surface area contributed by atoms with E-state index in [1.807, 2.05) is 24.3 Å². The van der Waals surface area contributed by atoms with Crippen molar-refractivity contribution in [2.45, 2.75) is 51.0 Å². The number of amides is 1. The van der Waals surface area contributed by atoms with Crippen molar-refractivity contribution >= 4 is 11.9 Å². The van der Waals surface area contributed by atoms with Gasteiger partial charge in [0.05, 0.1) is 13.0 Å². The monoisotopic (exact) mass is 399 g/mol. The summed E-state index contributed by atoms with van der Waals surface area (Å²) < 4.78 is 16.8. The highest BCUT2D eigenvalue weighted by molar-refractivity contribution is 5.80. The molecule has 0 saturated heterocycles. The zero-order valence-electron chi connectivity index (χ0n) is 16.7. The van der Waals surface area contributed by atoms with E-state index in [-0.39, 0.29) is 30.0 Å². The van der Waals surface area contributed by atoms with Gasteiger partial charge in [0, 0.05) is 0 Å². The number of para-hydroxylation sites is 2. The van der Waals surface area contributed by atoms with Crippen molar-refractivity contribution < 1.29 is 23.8 Å². The average Bonchev–Trinajstić information content (AvgIpc) is 2.69. The van der Waals surface area contributed by atoms with Gasteiger partial charge in [-0.15, -0.1) is 0 Å². The van der Waals surface area contributed by atoms with Gasteiger partial charge in [0.1, 0.15) is 12.7 Å².